The van der Waals surface area contributed by atoms with Crippen molar-refractivity contribution in [1.29, 1.82) is 0 Å². The number of aromatic nitrogens is 2. The first-order valence-electron chi connectivity index (χ1n) is 4.38. The van der Waals surface area contributed by atoms with Gasteiger partial charge >= 0.3 is 6.18 Å². The Hall–Kier alpha value is -1.51. The van der Waals surface area contributed by atoms with Gasteiger partial charge in [0.1, 0.15) is 10.8 Å². The van der Waals surface area contributed by atoms with Gasteiger partial charge in [0, 0.05) is 13.1 Å². The number of nitrogen functional groups attached to an aromatic ring is 1. The molecule has 5 nitrogen and oxygen atoms in total. The van der Waals surface area contributed by atoms with E-state index in [9.17, 15) is 18.0 Å². The Morgan fingerprint density at radius 3 is 2.71 bits per heavy atom. The first kappa shape index (κ1) is 13.6. The smallest absolute Gasteiger partial charge is 0.384 e. The van der Waals surface area contributed by atoms with Gasteiger partial charge in [0.25, 0.3) is 0 Å². The summed E-state index contributed by atoms with van der Waals surface area (Å²) in [4.78, 5) is 17.3. The summed E-state index contributed by atoms with van der Waals surface area (Å²) in [6.07, 6.45) is -4.66. The molecule has 0 aliphatic carbocycles. The van der Waals surface area contributed by atoms with Crippen molar-refractivity contribution < 1.29 is 18.0 Å². The van der Waals surface area contributed by atoms with Crippen LogP contribution in [-0.4, -0.2) is 28.7 Å². The van der Waals surface area contributed by atoms with Crippen LogP contribution in [0.25, 0.3) is 0 Å². The minimum absolute atomic E-state index is 0.00780. The summed E-state index contributed by atoms with van der Waals surface area (Å²) in [5, 5.41) is 2.35. The molecule has 0 bridgehead atoms. The molecule has 1 rings (SSSR count). The van der Waals surface area contributed by atoms with Crippen LogP contribution in [0.2, 0.25) is 0 Å². The highest BCUT2D eigenvalue weighted by atomic mass is 32.2. The summed E-state index contributed by atoms with van der Waals surface area (Å²) in [5.74, 6) is -1.95. The van der Waals surface area contributed by atoms with E-state index in [0.717, 1.165) is 11.8 Å². The van der Waals surface area contributed by atoms with E-state index in [4.69, 9.17) is 5.73 Å². The largest absolute Gasteiger partial charge is 0.451 e. The van der Waals surface area contributed by atoms with Crippen molar-refractivity contribution in [3.63, 3.8) is 0 Å². The molecule has 0 unspecified atom stereocenters. The number of nitrogens with zero attached hydrogens (tertiary/aromatic N) is 2. The zero-order chi connectivity index (χ0) is 13.1. The molecular weight excluding hydrogens is 257 g/mol. The number of thioether (sulfide) groups is 1. The average molecular weight is 266 g/mol. The number of nitrogens with one attached hydrogen (secondary N) is 1. The maximum atomic E-state index is 12.3. The second-order valence-corrected chi connectivity index (χ2v) is 3.91. The number of rotatable bonds is 3. The van der Waals surface area contributed by atoms with Gasteiger partial charge in [-0.1, -0.05) is 11.8 Å². The summed E-state index contributed by atoms with van der Waals surface area (Å²) >= 11 is 0.854. The highest BCUT2D eigenvalue weighted by molar-refractivity contribution is 7.99. The fourth-order valence-corrected chi connectivity index (χ4v) is 1.63. The Morgan fingerprint density at radius 1 is 1.53 bits per heavy atom. The molecule has 17 heavy (non-hydrogen) atoms. The summed E-state index contributed by atoms with van der Waals surface area (Å²) in [5.41, 5.74) is 5.23. The van der Waals surface area contributed by atoms with Gasteiger partial charge < -0.3 is 11.1 Å². The monoisotopic (exact) mass is 266 g/mol. The van der Waals surface area contributed by atoms with Crippen LogP contribution in [0.15, 0.2) is 11.1 Å². The number of amides is 1. The quantitative estimate of drug-likeness (QED) is 0.628. The minimum Gasteiger partial charge on any atom is -0.384 e. The van der Waals surface area contributed by atoms with Gasteiger partial charge in [-0.3, -0.25) is 4.79 Å². The van der Waals surface area contributed by atoms with Gasteiger partial charge in [-0.05, 0) is 0 Å². The Balaban J connectivity index is 2.87. The normalized spacial score (nSPS) is 11.3. The van der Waals surface area contributed by atoms with Gasteiger partial charge in [-0.2, -0.15) is 13.2 Å². The molecule has 1 aromatic rings. The predicted octanol–water partition coefficient (Wildman–Crippen LogP) is 0.916. The number of hydrogen-bond acceptors (Lipinski definition) is 5. The van der Waals surface area contributed by atoms with E-state index in [0.29, 0.717) is 0 Å². The predicted molar refractivity (Wildman–Crippen MR) is 56.2 cm³/mol. The molecular formula is C8H9F3N4OS. The van der Waals surface area contributed by atoms with Crippen LogP contribution in [0.1, 0.15) is 5.82 Å². The first-order chi connectivity index (χ1) is 7.82. The van der Waals surface area contributed by atoms with Gasteiger partial charge in [-0.25, -0.2) is 9.97 Å². The molecule has 0 aromatic carbocycles. The van der Waals surface area contributed by atoms with Crippen LogP contribution in [0.3, 0.4) is 0 Å². The van der Waals surface area contributed by atoms with Crippen molar-refractivity contribution in [2.45, 2.75) is 11.2 Å². The number of hydrogen-bond donors (Lipinski definition) is 2. The molecule has 1 heterocycles. The Bertz CT molecular complexity index is 424. The standard InChI is InChI=1S/C8H9F3N4OS/c1-13-5(16)3-17-6-2-4(12)14-7(15-6)8(9,10)11/h2H,3H2,1H3,(H,13,16)(H2,12,14,15). The zero-order valence-electron chi connectivity index (χ0n) is 8.71. The van der Waals surface area contributed by atoms with Gasteiger partial charge in [-0.15, -0.1) is 0 Å². The lowest BCUT2D eigenvalue weighted by Gasteiger charge is -2.07. The first-order valence-corrected chi connectivity index (χ1v) is 5.36. The lowest BCUT2D eigenvalue weighted by molar-refractivity contribution is -0.145. The fourth-order valence-electron chi connectivity index (χ4n) is 0.855. The highest BCUT2D eigenvalue weighted by Crippen LogP contribution is 2.28. The topological polar surface area (TPSA) is 80.9 Å². The lowest BCUT2D eigenvalue weighted by atomic mass is 10.5. The van der Waals surface area contributed by atoms with Crippen molar-refractivity contribution in [2.75, 3.05) is 18.5 Å². The van der Waals surface area contributed by atoms with Crippen LogP contribution in [0, 0.1) is 0 Å². The van der Waals surface area contributed by atoms with E-state index in [1.807, 2.05) is 0 Å². The van der Waals surface area contributed by atoms with E-state index in [-0.39, 0.29) is 22.5 Å². The second-order valence-electron chi connectivity index (χ2n) is 2.91. The van der Waals surface area contributed by atoms with Crippen LogP contribution >= 0.6 is 11.8 Å². The zero-order valence-corrected chi connectivity index (χ0v) is 9.52. The third kappa shape index (κ3) is 4.10. The summed E-state index contributed by atoms with van der Waals surface area (Å²) in [7, 11) is 1.43. The third-order valence-electron chi connectivity index (χ3n) is 1.61. The SMILES string of the molecule is CNC(=O)CSc1cc(N)nc(C(F)(F)F)n1. The number of carbonyl (C=O) groups excluding carboxylic acids is 1. The van der Waals surface area contributed by atoms with Gasteiger partial charge in [0.05, 0.1) is 5.75 Å². The van der Waals surface area contributed by atoms with Crippen LogP contribution < -0.4 is 11.1 Å². The Morgan fingerprint density at radius 2 is 2.18 bits per heavy atom. The van der Waals surface area contributed by atoms with Gasteiger partial charge in [0.15, 0.2) is 0 Å². The van der Waals surface area contributed by atoms with E-state index < -0.39 is 12.0 Å². The van der Waals surface area contributed by atoms with Crippen molar-refractivity contribution in [1.82, 2.24) is 15.3 Å². The second kappa shape index (κ2) is 5.21. The molecule has 0 spiro atoms. The summed E-state index contributed by atoms with van der Waals surface area (Å²) < 4.78 is 37.0. The van der Waals surface area contributed by atoms with Crippen molar-refractivity contribution >= 4 is 23.5 Å². The molecule has 0 saturated carbocycles. The molecule has 0 aliphatic rings. The van der Waals surface area contributed by atoms with Crippen LogP contribution in [0.4, 0.5) is 19.0 Å². The summed E-state index contributed by atoms with van der Waals surface area (Å²) in [6.45, 7) is 0. The fraction of sp³-hybridized carbons (Fsp3) is 0.375. The molecule has 0 radical (unpaired) electrons. The van der Waals surface area contributed by atoms with E-state index in [1.165, 1.54) is 13.1 Å². The molecule has 3 N–H and O–H groups in total. The van der Waals surface area contributed by atoms with Crippen molar-refractivity contribution in [3.8, 4) is 0 Å². The minimum atomic E-state index is -4.66. The third-order valence-corrected chi connectivity index (χ3v) is 2.52. The lowest BCUT2D eigenvalue weighted by Crippen LogP contribution is -2.20. The average Bonchev–Trinajstić information content (AvgIpc) is 2.24. The maximum Gasteiger partial charge on any atom is 0.451 e. The molecule has 9 heteroatoms. The van der Waals surface area contributed by atoms with Crippen molar-refractivity contribution in [3.05, 3.63) is 11.9 Å². The molecule has 0 aliphatic heterocycles. The molecule has 1 amide bonds. The number of anilines is 1. The Kier molecular flexibility index (Phi) is 4.16. The summed E-state index contributed by atoms with van der Waals surface area (Å²) in [6, 6.07) is 1.18. The van der Waals surface area contributed by atoms with E-state index in [1.54, 1.807) is 0 Å². The number of nitrogens with two attached hydrogens (primary N) is 1. The van der Waals surface area contributed by atoms with E-state index in [2.05, 4.69) is 15.3 Å². The van der Waals surface area contributed by atoms with Crippen molar-refractivity contribution in [2.24, 2.45) is 0 Å². The number of halogens is 3. The Labute approximate surface area is 99.0 Å². The molecule has 94 valence electrons. The molecule has 0 fully saturated rings. The van der Waals surface area contributed by atoms with Crippen LogP contribution in [-0.2, 0) is 11.0 Å². The van der Waals surface area contributed by atoms with Crippen LogP contribution in [0.5, 0.6) is 0 Å². The molecule has 0 saturated heterocycles. The molecule has 0 atom stereocenters. The number of alkyl halides is 3. The maximum absolute atomic E-state index is 12.3. The number of carbonyl (C=O) groups is 1. The molecule has 1 aromatic heterocycles. The highest BCUT2D eigenvalue weighted by Gasteiger charge is 2.35. The van der Waals surface area contributed by atoms with Gasteiger partial charge in [0.2, 0.25) is 11.7 Å². The van der Waals surface area contributed by atoms with E-state index >= 15 is 0 Å².